The van der Waals surface area contributed by atoms with Crippen LogP contribution in [-0.4, -0.2) is 96.1 Å². The van der Waals surface area contributed by atoms with Gasteiger partial charge in [0.2, 0.25) is 5.91 Å². The number of fused-ring (bicyclic) bond motifs is 2. The SMILES string of the molecule is COCCCN(C[C@@H]1CCCN2CCCC[C@H]12)C(=O)CC[C@H]1NC(=O)N(CCc2c[nH]c3ccccc23)C1=O. The Hall–Kier alpha value is -2.91. The van der Waals surface area contributed by atoms with Crippen LogP contribution in [0.25, 0.3) is 10.9 Å². The number of ether oxygens (including phenoxy) is 1. The highest BCUT2D eigenvalue weighted by molar-refractivity contribution is 6.04. The molecule has 0 unspecified atom stereocenters. The smallest absolute Gasteiger partial charge is 0.324 e. The van der Waals surface area contributed by atoms with Crippen LogP contribution in [0.2, 0.25) is 0 Å². The maximum Gasteiger partial charge on any atom is 0.324 e. The standard InChI is InChI=1S/C30H43N5O4/c1-39-19-7-17-34(21-23-8-6-16-33-15-5-4-11-27(23)33)28(36)13-12-26-29(37)35(30(38)32-26)18-14-22-20-31-25-10-3-2-9-24(22)25/h2-3,9-10,20,23,26-27,31H,4-8,11-19,21H2,1H3,(H,32,38)/t23-,26+,27+/m0/s1. The first kappa shape index (κ1) is 27.6. The van der Waals surface area contributed by atoms with Gasteiger partial charge in [-0.25, -0.2) is 4.79 Å². The van der Waals surface area contributed by atoms with Crippen molar-refractivity contribution in [3.05, 3.63) is 36.0 Å². The van der Waals surface area contributed by atoms with Gasteiger partial charge in [-0.15, -0.1) is 0 Å². The van der Waals surface area contributed by atoms with Crippen molar-refractivity contribution in [2.45, 2.75) is 69.9 Å². The highest BCUT2D eigenvalue weighted by atomic mass is 16.5. The molecule has 0 bridgehead atoms. The van der Waals surface area contributed by atoms with Gasteiger partial charge in [0.05, 0.1) is 0 Å². The van der Waals surface area contributed by atoms with Crippen molar-refractivity contribution in [2.75, 3.05) is 46.4 Å². The number of piperidine rings is 2. The number of rotatable bonds is 12. The van der Waals surface area contributed by atoms with Gasteiger partial charge in [0.15, 0.2) is 0 Å². The van der Waals surface area contributed by atoms with E-state index >= 15 is 0 Å². The first-order chi connectivity index (χ1) is 19.0. The molecular formula is C30H43N5O4. The normalized spacial score (nSPS) is 23.7. The molecular weight excluding hydrogens is 494 g/mol. The van der Waals surface area contributed by atoms with Crippen molar-refractivity contribution >= 4 is 28.7 Å². The first-order valence-electron chi connectivity index (χ1n) is 14.7. The summed E-state index contributed by atoms with van der Waals surface area (Å²) in [5.74, 6) is 0.334. The molecule has 1 aromatic heterocycles. The summed E-state index contributed by atoms with van der Waals surface area (Å²) in [6, 6.07) is 7.58. The van der Waals surface area contributed by atoms with Crippen molar-refractivity contribution in [2.24, 2.45) is 5.92 Å². The number of para-hydroxylation sites is 1. The third-order valence-electron chi connectivity index (χ3n) is 8.85. The largest absolute Gasteiger partial charge is 0.385 e. The number of hydrogen-bond acceptors (Lipinski definition) is 5. The average Bonchev–Trinajstić information content (AvgIpc) is 3.49. The molecule has 4 amide bonds. The predicted molar refractivity (Wildman–Crippen MR) is 150 cm³/mol. The minimum absolute atomic E-state index is 0.0679. The summed E-state index contributed by atoms with van der Waals surface area (Å²) < 4.78 is 5.25. The van der Waals surface area contributed by atoms with Gasteiger partial charge >= 0.3 is 6.03 Å². The van der Waals surface area contributed by atoms with Crippen LogP contribution >= 0.6 is 0 Å². The molecule has 39 heavy (non-hydrogen) atoms. The zero-order valence-electron chi connectivity index (χ0n) is 23.2. The summed E-state index contributed by atoms with van der Waals surface area (Å²) in [4.78, 5) is 48.3. The van der Waals surface area contributed by atoms with E-state index < -0.39 is 6.04 Å². The van der Waals surface area contributed by atoms with Crippen LogP contribution in [0.4, 0.5) is 4.79 Å². The molecule has 0 saturated carbocycles. The quantitative estimate of drug-likeness (QED) is 0.319. The number of carbonyl (C=O) groups excluding carboxylic acids is 3. The van der Waals surface area contributed by atoms with Crippen molar-refractivity contribution in [3.63, 3.8) is 0 Å². The zero-order chi connectivity index (χ0) is 27.2. The van der Waals surface area contributed by atoms with E-state index in [1.807, 2.05) is 35.4 Å². The third kappa shape index (κ3) is 6.47. The van der Waals surface area contributed by atoms with Crippen LogP contribution in [0.15, 0.2) is 30.5 Å². The minimum Gasteiger partial charge on any atom is -0.385 e. The average molecular weight is 538 g/mol. The molecule has 9 heteroatoms. The number of nitrogens with one attached hydrogen (secondary N) is 2. The van der Waals surface area contributed by atoms with E-state index in [-0.39, 0.29) is 24.3 Å². The lowest BCUT2D eigenvalue weighted by molar-refractivity contribution is -0.133. The van der Waals surface area contributed by atoms with E-state index in [2.05, 4.69) is 15.2 Å². The molecule has 0 spiro atoms. The third-order valence-corrected chi connectivity index (χ3v) is 8.85. The van der Waals surface area contributed by atoms with Crippen LogP contribution in [0.1, 0.15) is 56.9 Å². The Balaban J connectivity index is 1.15. The van der Waals surface area contributed by atoms with Crippen LogP contribution in [0.3, 0.4) is 0 Å². The number of amides is 4. The summed E-state index contributed by atoms with van der Waals surface area (Å²) in [7, 11) is 1.69. The fourth-order valence-corrected chi connectivity index (χ4v) is 6.77. The highest BCUT2D eigenvalue weighted by Crippen LogP contribution is 2.31. The van der Waals surface area contributed by atoms with Crippen molar-refractivity contribution in [1.29, 1.82) is 0 Å². The molecule has 2 N–H and O–H groups in total. The number of imide groups is 1. The second-order valence-corrected chi connectivity index (χ2v) is 11.3. The summed E-state index contributed by atoms with van der Waals surface area (Å²) in [5.41, 5.74) is 2.12. The highest BCUT2D eigenvalue weighted by Gasteiger charge is 2.38. The number of aromatic amines is 1. The maximum atomic E-state index is 13.4. The second kappa shape index (κ2) is 13.0. The van der Waals surface area contributed by atoms with Gasteiger partial charge in [-0.05, 0) is 75.6 Å². The lowest BCUT2D eigenvalue weighted by Gasteiger charge is -2.45. The van der Waals surface area contributed by atoms with Gasteiger partial charge in [0, 0.05) is 62.9 Å². The second-order valence-electron chi connectivity index (χ2n) is 11.3. The fourth-order valence-electron chi connectivity index (χ4n) is 6.77. The van der Waals surface area contributed by atoms with Gasteiger partial charge < -0.3 is 24.8 Å². The number of methoxy groups -OCH3 is 1. The number of benzene rings is 1. The summed E-state index contributed by atoms with van der Waals surface area (Å²) >= 11 is 0. The minimum atomic E-state index is -0.645. The van der Waals surface area contributed by atoms with Crippen LogP contribution in [0.5, 0.6) is 0 Å². The Morgan fingerprint density at radius 3 is 2.85 bits per heavy atom. The zero-order valence-corrected chi connectivity index (χ0v) is 23.2. The Kier molecular flexibility index (Phi) is 9.19. The molecule has 3 saturated heterocycles. The number of urea groups is 1. The van der Waals surface area contributed by atoms with Gasteiger partial charge in [-0.2, -0.15) is 0 Å². The van der Waals surface area contributed by atoms with E-state index in [0.717, 1.165) is 35.9 Å². The number of hydrogen-bond donors (Lipinski definition) is 2. The molecule has 4 heterocycles. The summed E-state index contributed by atoms with van der Waals surface area (Å²) in [6.07, 6.45) is 10.0. The van der Waals surface area contributed by atoms with E-state index in [1.54, 1.807) is 7.11 Å². The fraction of sp³-hybridized carbons (Fsp3) is 0.633. The van der Waals surface area contributed by atoms with E-state index in [1.165, 1.54) is 43.7 Å². The van der Waals surface area contributed by atoms with Crippen molar-refractivity contribution in [1.82, 2.24) is 25.0 Å². The van der Waals surface area contributed by atoms with Gasteiger partial charge in [0.1, 0.15) is 6.04 Å². The monoisotopic (exact) mass is 537 g/mol. The van der Waals surface area contributed by atoms with Crippen LogP contribution in [0, 0.1) is 5.92 Å². The Morgan fingerprint density at radius 2 is 1.97 bits per heavy atom. The molecule has 0 aliphatic carbocycles. The van der Waals surface area contributed by atoms with Crippen LogP contribution < -0.4 is 5.32 Å². The molecule has 3 fully saturated rings. The van der Waals surface area contributed by atoms with E-state index in [9.17, 15) is 14.4 Å². The summed E-state index contributed by atoms with van der Waals surface area (Å²) in [6.45, 7) is 4.73. The van der Waals surface area contributed by atoms with Gasteiger partial charge in [0.25, 0.3) is 5.91 Å². The first-order valence-corrected chi connectivity index (χ1v) is 14.7. The van der Waals surface area contributed by atoms with Gasteiger partial charge in [-0.1, -0.05) is 24.6 Å². The molecule has 2 aromatic rings. The summed E-state index contributed by atoms with van der Waals surface area (Å²) in [5, 5.41) is 3.92. The van der Waals surface area contributed by atoms with E-state index in [4.69, 9.17) is 4.74 Å². The van der Waals surface area contributed by atoms with Gasteiger partial charge in [-0.3, -0.25) is 14.5 Å². The predicted octanol–water partition coefficient (Wildman–Crippen LogP) is 3.54. The van der Waals surface area contributed by atoms with E-state index in [0.29, 0.717) is 44.5 Å². The molecule has 3 atom stereocenters. The number of carbonyl (C=O) groups is 3. The maximum absolute atomic E-state index is 13.4. The Morgan fingerprint density at radius 1 is 1.13 bits per heavy atom. The number of H-pyrrole nitrogens is 1. The Bertz CT molecular complexity index is 1150. The molecule has 0 radical (unpaired) electrons. The molecule has 1 aromatic carbocycles. The van der Waals surface area contributed by atoms with Crippen LogP contribution in [-0.2, 0) is 20.7 Å². The van der Waals surface area contributed by atoms with Crippen molar-refractivity contribution < 1.29 is 19.1 Å². The topological polar surface area (TPSA) is 98.0 Å². The molecule has 5 rings (SSSR count). The molecule has 3 aliphatic heterocycles. The molecule has 9 nitrogen and oxygen atoms in total. The lowest BCUT2D eigenvalue weighted by Crippen LogP contribution is -2.51. The molecule has 212 valence electrons. The van der Waals surface area contributed by atoms with Crippen molar-refractivity contribution in [3.8, 4) is 0 Å². The number of nitrogens with zero attached hydrogens (tertiary/aromatic N) is 3. The Labute approximate surface area is 231 Å². The lowest BCUT2D eigenvalue weighted by atomic mass is 9.83. The number of aromatic nitrogens is 1. The molecule has 3 aliphatic rings.